The van der Waals surface area contributed by atoms with Crippen molar-refractivity contribution in [2.75, 3.05) is 7.04 Å². The minimum Gasteiger partial charge on any atom is -0.379 e. The molecular formula is C5H12O. The third-order valence-corrected chi connectivity index (χ3v) is 0.153. The van der Waals surface area contributed by atoms with Crippen molar-refractivity contribution in [2.24, 2.45) is 0 Å². The van der Waals surface area contributed by atoms with Crippen LogP contribution in [0.4, 0.5) is 0 Å². The van der Waals surface area contributed by atoms with E-state index >= 15 is 0 Å². The Kier molecular flexibility index (Phi) is 0.136. The molecule has 0 aromatic heterocycles. The molecular weight excluding hydrogens is 76.1 g/mol. The number of hydrogen-bond donors (Lipinski definition) is 0. The molecule has 0 aromatic rings. The van der Waals surface area contributed by atoms with Crippen LogP contribution in [0.5, 0.6) is 0 Å². The highest BCUT2D eigenvalue weighted by Crippen LogP contribution is 2.02. The van der Waals surface area contributed by atoms with Crippen LogP contribution in [0, 0.1) is 0 Å². The molecule has 1 heteroatoms. The maximum absolute atomic E-state index is 7.07. The van der Waals surface area contributed by atoms with Gasteiger partial charge in [-0.05, 0) is 20.6 Å². The summed E-state index contributed by atoms with van der Waals surface area (Å²) in [4.78, 5) is 0. The van der Waals surface area contributed by atoms with Crippen molar-refractivity contribution < 1.29 is 21.2 Å². The van der Waals surface area contributed by atoms with Crippen molar-refractivity contribution in [2.45, 2.75) is 26.2 Å². The largest absolute Gasteiger partial charge is 0.379 e. The van der Waals surface area contributed by atoms with Crippen molar-refractivity contribution in [1.29, 1.82) is 0 Å². The van der Waals surface area contributed by atoms with E-state index in [1.165, 1.54) is 0 Å². The van der Waals surface area contributed by atoms with Crippen molar-refractivity contribution in [1.82, 2.24) is 0 Å². The molecule has 0 atom stereocenters. The lowest BCUT2D eigenvalue weighted by Gasteiger charge is -2.14. The second-order valence-corrected chi connectivity index (χ2v) is 0.783. The molecule has 0 heterocycles. The second kappa shape index (κ2) is 1.61. The first kappa shape index (κ1) is 0.510. The van der Waals surface area contributed by atoms with Crippen LogP contribution in [0.15, 0.2) is 0 Å². The van der Waals surface area contributed by atoms with Gasteiger partial charge in [0.15, 0.2) is 0 Å². The van der Waals surface area contributed by atoms with Gasteiger partial charge in [-0.1, -0.05) is 0 Å². The topological polar surface area (TPSA) is 9.23 Å². The smallest absolute Gasteiger partial charge is 0.0594 e. The van der Waals surface area contributed by atoms with E-state index in [1.54, 1.807) is 0 Å². The van der Waals surface area contributed by atoms with Gasteiger partial charge in [-0.25, -0.2) is 0 Å². The zero-order valence-electron chi connectivity index (χ0n) is 14.9. The molecule has 0 unspecified atom stereocenters. The van der Waals surface area contributed by atoms with E-state index in [0.29, 0.717) is 0 Å². The molecule has 0 radical (unpaired) electrons. The minimum absolute atomic E-state index is 3.48. The molecule has 0 rings (SSSR count). The summed E-state index contributed by atoms with van der Waals surface area (Å²) in [7, 11) is -3.48. The summed E-state index contributed by atoms with van der Waals surface area (Å²) in [5.41, 5.74) is -3.77. The van der Waals surface area contributed by atoms with E-state index in [0.717, 1.165) is 0 Å². The first-order valence-electron chi connectivity index (χ1n) is 7.16. The van der Waals surface area contributed by atoms with E-state index in [-0.39, 0.29) is 0 Å². The molecule has 0 bridgehead atoms. The fraction of sp³-hybridized carbons (Fsp3) is 1.00. The van der Waals surface area contributed by atoms with Crippen LogP contribution in [-0.2, 0) is 4.74 Å². The van der Waals surface area contributed by atoms with Crippen LogP contribution in [0.1, 0.15) is 37.0 Å². The maximum atomic E-state index is 7.07. The average Bonchev–Trinajstić information content (AvgIpc) is 1.90. The number of rotatable bonds is 0. The van der Waals surface area contributed by atoms with E-state index in [1.807, 2.05) is 0 Å². The summed E-state index contributed by atoms with van der Waals surface area (Å²) in [6, 6.07) is 0. The highest BCUT2D eigenvalue weighted by atomic mass is 16.5. The zero-order valence-corrected chi connectivity index (χ0v) is 2.91. The van der Waals surface area contributed by atoms with Gasteiger partial charge >= 0.3 is 0 Å². The van der Waals surface area contributed by atoms with Gasteiger partial charge in [0.25, 0.3) is 0 Å². The first-order valence-corrected chi connectivity index (χ1v) is 1.16. The summed E-state index contributed by atoms with van der Waals surface area (Å²) in [6.45, 7) is -11.0. The molecule has 0 saturated carbocycles. The standard InChI is InChI=1S/C5H12O/c1-5(2,3)6-4/h1-4H3/i1D3,2D3,3D3,4D3. The van der Waals surface area contributed by atoms with E-state index in [9.17, 15) is 0 Å². The molecule has 0 spiro atoms. The molecule has 0 aliphatic rings. The van der Waals surface area contributed by atoms with Crippen LogP contribution in [0.2, 0.25) is 0 Å². The fourth-order valence-electron chi connectivity index (χ4n) is 0. The first-order chi connectivity index (χ1) is 7.46. The van der Waals surface area contributed by atoms with Gasteiger partial charge in [-0.2, -0.15) is 0 Å². The fourth-order valence-corrected chi connectivity index (χ4v) is 0. The van der Waals surface area contributed by atoms with Crippen molar-refractivity contribution in [3.8, 4) is 0 Å². The summed E-state index contributed by atoms with van der Waals surface area (Å²) in [6.07, 6.45) is 0. The highest BCUT2D eigenvalue weighted by Gasteiger charge is 2.03. The van der Waals surface area contributed by atoms with E-state index < -0.39 is 33.2 Å². The lowest BCUT2D eigenvalue weighted by atomic mass is 10.2. The number of ether oxygens (including phenoxy) is 1. The van der Waals surface area contributed by atoms with Crippen LogP contribution in [0.3, 0.4) is 0 Å². The van der Waals surface area contributed by atoms with Gasteiger partial charge in [0.1, 0.15) is 0 Å². The summed E-state index contributed by atoms with van der Waals surface area (Å²) in [5.74, 6) is 0. The van der Waals surface area contributed by atoms with Crippen molar-refractivity contribution >= 4 is 0 Å². The Morgan fingerprint density at radius 3 is 2.33 bits per heavy atom. The predicted octanol–water partition coefficient (Wildman–Crippen LogP) is 1.43. The van der Waals surface area contributed by atoms with Crippen LogP contribution < -0.4 is 0 Å². The molecule has 38 valence electrons. The average molecular weight is 100 g/mol. The van der Waals surface area contributed by atoms with Gasteiger partial charge in [0, 0.05) is 19.4 Å². The van der Waals surface area contributed by atoms with Gasteiger partial charge in [0.05, 0.1) is 9.71 Å². The summed E-state index contributed by atoms with van der Waals surface area (Å²) in [5, 5.41) is 0. The molecule has 0 saturated heterocycles. The number of methoxy groups -OCH3 is 1. The monoisotopic (exact) mass is 100 g/mol. The van der Waals surface area contributed by atoms with Crippen molar-refractivity contribution in [3.63, 3.8) is 0 Å². The van der Waals surface area contributed by atoms with Gasteiger partial charge < -0.3 is 4.74 Å². The Hall–Kier alpha value is -0.0400. The summed E-state index contributed by atoms with van der Waals surface area (Å²) < 4.78 is 88.0. The van der Waals surface area contributed by atoms with Crippen LogP contribution in [0.25, 0.3) is 0 Å². The Labute approximate surface area is 56.2 Å². The highest BCUT2D eigenvalue weighted by molar-refractivity contribution is 4.55. The van der Waals surface area contributed by atoms with Crippen LogP contribution in [-0.4, -0.2) is 12.6 Å². The normalized spacial score (nSPS) is 50.0. The molecule has 1 nitrogen and oxygen atoms in total. The van der Waals surface area contributed by atoms with E-state index in [4.69, 9.17) is 16.4 Å². The molecule has 0 N–H and O–H groups in total. The Bertz CT molecular complexity index is 252. The molecule has 0 aliphatic carbocycles. The number of hydrogen-bond acceptors (Lipinski definition) is 1. The lowest BCUT2D eigenvalue weighted by molar-refractivity contribution is 0.0397. The maximum Gasteiger partial charge on any atom is 0.0594 e. The third kappa shape index (κ3) is 3.96. The van der Waals surface area contributed by atoms with E-state index in [2.05, 4.69) is 4.74 Å². The molecule has 0 fully saturated rings. The summed E-state index contributed by atoms with van der Waals surface area (Å²) >= 11 is 0. The molecule has 0 aliphatic heterocycles. The minimum atomic E-state index is -3.77. The zero-order chi connectivity index (χ0) is 15.2. The second-order valence-electron chi connectivity index (χ2n) is 0.783. The molecule has 0 amide bonds. The van der Waals surface area contributed by atoms with Crippen LogP contribution >= 0.6 is 0 Å². The Balaban J connectivity index is 6.10. The predicted molar refractivity (Wildman–Crippen MR) is 26.8 cm³/mol. The molecule has 0 aromatic carbocycles. The molecule has 6 heavy (non-hydrogen) atoms. The lowest BCUT2D eigenvalue weighted by Crippen LogP contribution is -2.15. The quantitative estimate of drug-likeness (QED) is 0.447. The van der Waals surface area contributed by atoms with Gasteiger partial charge in [-0.15, -0.1) is 0 Å². The SMILES string of the molecule is [2H]C([2H])([2H])OC(C([2H])([2H])[2H])(C([2H])([2H])[2H])C([2H])([2H])[2H]. The van der Waals surface area contributed by atoms with Gasteiger partial charge in [0.2, 0.25) is 0 Å². The third-order valence-electron chi connectivity index (χ3n) is 0.153. The van der Waals surface area contributed by atoms with Crippen molar-refractivity contribution in [3.05, 3.63) is 0 Å². The van der Waals surface area contributed by atoms with Gasteiger partial charge in [-0.3, -0.25) is 0 Å². The Morgan fingerprint density at radius 1 is 1.50 bits per heavy atom. The Morgan fingerprint density at radius 2 is 2.17 bits per heavy atom.